The minimum absolute atomic E-state index is 0.794. The maximum absolute atomic E-state index is 10.5. The molecule has 1 nitrogen and oxygen atoms in total. The summed E-state index contributed by atoms with van der Waals surface area (Å²) in [6.07, 6.45) is 0.901. The summed E-state index contributed by atoms with van der Waals surface area (Å²) in [6, 6.07) is 3.82. The quantitative estimate of drug-likeness (QED) is 0.560. The van der Waals surface area contributed by atoms with E-state index in [9.17, 15) is 4.79 Å². The highest BCUT2D eigenvalue weighted by Gasteiger charge is 2.01. The summed E-state index contributed by atoms with van der Waals surface area (Å²) in [4.78, 5) is 10.5. The Morgan fingerprint density at radius 2 is 1.91 bits per heavy atom. The number of hydrogen-bond donors (Lipinski definition) is 0. The van der Waals surface area contributed by atoms with Gasteiger partial charge in [-0.15, -0.1) is 0 Å². The van der Waals surface area contributed by atoms with Gasteiger partial charge in [-0.3, -0.25) is 4.79 Å². The molecule has 1 aromatic carbocycles. The Bertz CT molecular complexity index is 292. The highest BCUT2D eigenvalue weighted by Crippen LogP contribution is 2.17. The lowest BCUT2D eigenvalue weighted by Gasteiger charge is -2.04. The Labute approximate surface area is 79.9 Å². The maximum Gasteiger partial charge on any atom is 0.150 e. The van der Waals surface area contributed by atoms with E-state index in [0.717, 1.165) is 17.4 Å². The zero-order valence-corrected chi connectivity index (χ0v) is 8.68. The van der Waals surface area contributed by atoms with E-state index in [1.165, 1.54) is 9.13 Å². The first-order chi connectivity index (χ1) is 5.16. The molecule has 0 spiro atoms. The first-order valence-corrected chi connectivity index (χ1v) is 4.45. The van der Waals surface area contributed by atoms with Gasteiger partial charge in [0.2, 0.25) is 0 Å². The van der Waals surface area contributed by atoms with Crippen molar-refractivity contribution in [1.82, 2.24) is 0 Å². The smallest absolute Gasteiger partial charge is 0.150 e. The van der Waals surface area contributed by atoms with Crippen LogP contribution in [-0.2, 0) is 0 Å². The summed E-state index contributed by atoms with van der Waals surface area (Å²) in [6.45, 7) is 4.01. The van der Waals surface area contributed by atoms with Gasteiger partial charge in [0, 0.05) is 9.13 Å². The fraction of sp³-hybridized carbons (Fsp3) is 0.222. The summed E-state index contributed by atoms with van der Waals surface area (Å²) in [5.74, 6) is 0. The lowest BCUT2D eigenvalue weighted by molar-refractivity contribution is 0.112. The molecule has 0 unspecified atom stereocenters. The Morgan fingerprint density at radius 1 is 1.27 bits per heavy atom. The highest BCUT2D eigenvalue weighted by molar-refractivity contribution is 14.1. The number of hydrogen-bond acceptors (Lipinski definition) is 1. The van der Waals surface area contributed by atoms with Crippen LogP contribution in [0.5, 0.6) is 0 Å². The van der Waals surface area contributed by atoms with Crippen LogP contribution in [0.3, 0.4) is 0 Å². The second-order valence-corrected chi connectivity index (χ2v) is 3.67. The third kappa shape index (κ3) is 1.61. The van der Waals surface area contributed by atoms with Gasteiger partial charge < -0.3 is 0 Å². The molecule has 0 aliphatic heterocycles. The molecule has 0 aliphatic rings. The Balaban J connectivity index is 3.36. The largest absolute Gasteiger partial charge is 0.298 e. The van der Waals surface area contributed by atoms with E-state index >= 15 is 0 Å². The van der Waals surface area contributed by atoms with Crippen molar-refractivity contribution in [3.05, 3.63) is 32.4 Å². The summed E-state index contributed by atoms with van der Waals surface area (Å²) >= 11 is 2.27. The Hall–Kier alpha value is -0.380. The van der Waals surface area contributed by atoms with E-state index < -0.39 is 0 Å². The average Bonchev–Trinajstić information content (AvgIpc) is 2.01. The van der Waals surface area contributed by atoms with Crippen molar-refractivity contribution in [1.29, 1.82) is 0 Å². The molecular formula is C9H9IO. The van der Waals surface area contributed by atoms with Gasteiger partial charge >= 0.3 is 0 Å². The van der Waals surface area contributed by atoms with Gasteiger partial charge in [0.15, 0.2) is 0 Å². The number of carbonyl (C=O) groups excluding carboxylic acids is 1. The minimum atomic E-state index is 0.794. The Morgan fingerprint density at radius 3 is 2.45 bits per heavy atom. The summed E-state index contributed by atoms with van der Waals surface area (Å²) in [7, 11) is 0. The monoisotopic (exact) mass is 260 g/mol. The third-order valence-electron chi connectivity index (χ3n) is 1.89. The molecular weight excluding hydrogens is 251 g/mol. The number of rotatable bonds is 1. The van der Waals surface area contributed by atoms with Crippen molar-refractivity contribution in [3.63, 3.8) is 0 Å². The molecule has 0 heterocycles. The molecule has 2 heteroatoms. The van der Waals surface area contributed by atoms with E-state index in [-0.39, 0.29) is 0 Å². The summed E-state index contributed by atoms with van der Waals surface area (Å²) in [5, 5.41) is 0. The van der Waals surface area contributed by atoms with Crippen LogP contribution in [-0.4, -0.2) is 6.29 Å². The van der Waals surface area contributed by atoms with Crippen molar-refractivity contribution >= 4 is 28.9 Å². The van der Waals surface area contributed by atoms with Crippen LogP contribution in [0.2, 0.25) is 0 Å². The standard InChI is InChI=1S/C9H9IO/c1-6-7(2)9(10)4-3-8(6)5-11/h3-5H,1-2H3. The fourth-order valence-electron chi connectivity index (χ4n) is 0.936. The van der Waals surface area contributed by atoms with Gasteiger partial charge in [-0.1, -0.05) is 6.07 Å². The normalized spacial score (nSPS) is 9.73. The van der Waals surface area contributed by atoms with Crippen LogP contribution < -0.4 is 0 Å². The molecule has 0 radical (unpaired) electrons. The van der Waals surface area contributed by atoms with Gasteiger partial charge in [-0.05, 0) is 53.6 Å². The summed E-state index contributed by atoms with van der Waals surface area (Å²) < 4.78 is 1.21. The fourth-order valence-corrected chi connectivity index (χ4v) is 1.52. The van der Waals surface area contributed by atoms with Crippen LogP contribution in [0, 0.1) is 17.4 Å². The zero-order chi connectivity index (χ0) is 8.43. The second-order valence-electron chi connectivity index (χ2n) is 2.50. The topological polar surface area (TPSA) is 17.1 Å². The van der Waals surface area contributed by atoms with E-state index in [1.54, 1.807) is 0 Å². The molecule has 0 saturated heterocycles. The van der Waals surface area contributed by atoms with E-state index in [0.29, 0.717) is 0 Å². The molecule has 1 aromatic rings. The van der Waals surface area contributed by atoms with Gasteiger partial charge in [0.05, 0.1) is 0 Å². The van der Waals surface area contributed by atoms with Gasteiger partial charge in [-0.2, -0.15) is 0 Å². The molecule has 11 heavy (non-hydrogen) atoms. The van der Waals surface area contributed by atoms with Crippen LogP contribution in [0.25, 0.3) is 0 Å². The van der Waals surface area contributed by atoms with E-state index in [2.05, 4.69) is 22.6 Å². The van der Waals surface area contributed by atoms with Crippen molar-refractivity contribution < 1.29 is 4.79 Å². The Kier molecular flexibility index (Phi) is 2.65. The van der Waals surface area contributed by atoms with Crippen molar-refractivity contribution in [2.75, 3.05) is 0 Å². The SMILES string of the molecule is Cc1c(I)ccc(C=O)c1C. The van der Waals surface area contributed by atoms with Crippen LogP contribution in [0.15, 0.2) is 12.1 Å². The summed E-state index contributed by atoms with van der Waals surface area (Å²) in [5.41, 5.74) is 3.09. The number of benzene rings is 1. The molecule has 1 rings (SSSR count). The predicted molar refractivity (Wildman–Crippen MR) is 54.0 cm³/mol. The zero-order valence-electron chi connectivity index (χ0n) is 6.52. The molecule has 0 saturated carbocycles. The van der Waals surface area contributed by atoms with E-state index in [1.807, 2.05) is 26.0 Å². The molecule has 0 fully saturated rings. The minimum Gasteiger partial charge on any atom is -0.298 e. The molecule has 0 aromatic heterocycles. The average molecular weight is 260 g/mol. The van der Waals surface area contributed by atoms with Crippen LogP contribution >= 0.6 is 22.6 Å². The van der Waals surface area contributed by atoms with Gasteiger partial charge in [0.1, 0.15) is 6.29 Å². The number of carbonyl (C=O) groups is 1. The highest BCUT2D eigenvalue weighted by atomic mass is 127. The molecule has 0 amide bonds. The maximum atomic E-state index is 10.5. The first-order valence-electron chi connectivity index (χ1n) is 3.37. The molecule has 0 aliphatic carbocycles. The van der Waals surface area contributed by atoms with Crippen molar-refractivity contribution in [2.24, 2.45) is 0 Å². The predicted octanol–water partition coefficient (Wildman–Crippen LogP) is 2.72. The second kappa shape index (κ2) is 3.34. The molecule has 0 atom stereocenters. The van der Waals surface area contributed by atoms with Crippen LogP contribution in [0.4, 0.5) is 0 Å². The number of aldehydes is 1. The van der Waals surface area contributed by atoms with Gasteiger partial charge in [0.25, 0.3) is 0 Å². The van der Waals surface area contributed by atoms with Crippen molar-refractivity contribution in [2.45, 2.75) is 13.8 Å². The number of halogens is 1. The molecule has 0 N–H and O–H groups in total. The lowest BCUT2D eigenvalue weighted by Crippen LogP contribution is -1.92. The van der Waals surface area contributed by atoms with Gasteiger partial charge in [-0.25, -0.2) is 0 Å². The third-order valence-corrected chi connectivity index (χ3v) is 3.06. The molecule has 58 valence electrons. The van der Waals surface area contributed by atoms with E-state index in [4.69, 9.17) is 0 Å². The van der Waals surface area contributed by atoms with Crippen LogP contribution in [0.1, 0.15) is 21.5 Å². The first kappa shape index (κ1) is 8.71. The van der Waals surface area contributed by atoms with Crippen molar-refractivity contribution in [3.8, 4) is 0 Å². The molecule has 0 bridgehead atoms. The lowest BCUT2D eigenvalue weighted by atomic mass is 10.1.